The van der Waals surface area contributed by atoms with Gasteiger partial charge in [-0.15, -0.1) is 0 Å². The van der Waals surface area contributed by atoms with Crippen molar-refractivity contribution < 1.29 is 32.3 Å². The zero-order valence-corrected chi connectivity index (χ0v) is 15.2. The number of nitrogens with one attached hydrogen (secondary N) is 1. The third-order valence-corrected chi connectivity index (χ3v) is 4.68. The highest BCUT2D eigenvalue weighted by Crippen LogP contribution is 2.32. The van der Waals surface area contributed by atoms with Crippen molar-refractivity contribution in [3.63, 3.8) is 0 Å². The van der Waals surface area contributed by atoms with Gasteiger partial charge in [0.1, 0.15) is 11.6 Å². The summed E-state index contributed by atoms with van der Waals surface area (Å²) in [5, 5.41) is 12.2. The Morgan fingerprint density at radius 2 is 1.97 bits per heavy atom. The fourth-order valence-corrected chi connectivity index (χ4v) is 3.23. The van der Waals surface area contributed by atoms with Gasteiger partial charge in [-0.05, 0) is 35.9 Å². The van der Waals surface area contributed by atoms with Gasteiger partial charge in [-0.1, -0.05) is 12.1 Å². The van der Waals surface area contributed by atoms with Crippen molar-refractivity contribution in [3.05, 3.63) is 65.0 Å². The van der Waals surface area contributed by atoms with E-state index in [2.05, 4.69) is 5.32 Å². The van der Waals surface area contributed by atoms with Crippen molar-refractivity contribution in [3.8, 4) is 5.75 Å². The quantitative estimate of drug-likeness (QED) is 0.743. The monoisotopic (exact) mass is 410 g/mol. The molecule has 0 spiro atoms. The molecule has 2 N–H and O–H groups in total. The molecule has 1 aliphatic rings. The van der Waals surface area contributed by atoms with Gasteiger partial charge in [0, 0.05) is 32.0 Å². The van der Waals surface area contributed by atoms with E-state index in [9.17, 15) is 32.3 Å². The first kappa shape index (κ1) is 20.6. The number of aromatic hydroxyl groups is 1. The third-order valence-electron chi connectivity index (χ3n) is 4.68. The lowest BCUT2D eigenvalue weighted by atomic mass is 10.1. The third kappa shape index (κ3) is 5.04. The summed E-state index contributed by atoms with van der Waals surface area (Å²) in [7, 11) is 0. The maximum atomic E-state index is 13.3. The summed E-state index contributed by atoms with van der Waals surface area (Å²) in [6, 6.07) is 7.96. The first-order chi connectivity index (χ1) is 13.6. The molecule has 2 amide bonds. The summed E-state index contributed by atoms with van der Waals surface area (Å²) in [5.41, 5.74) is -0.893. The number of halogens is 4. The summed E-state index contributed by atoms with van der Waals surface area (Å²) < 4.78 is 51.7. The first-order valence-corrected chi connectivity index (χ1v) is 8.84. The lowest BCUT2D eigenvalue weighted by molar-refractivity contribution is -0.137. The second-order valence-corrected chi connectivity index (χ2v) is 6.91. The lowest BCUT2D eigenvalue weighted by Crippen LogP contribution is -2.31. The molecule has 0 aromatic heterocycles. The van der Waals surface area contributed by atoms with Crippen molar-refractivity contribution in [1.29, 1.82) is 0 Å². The highest BCUT2D eigenvalue weighted by molar-refractivity contribution is 5.97. The van der Waals surface area contributed by atoms with Crippen molar-refractivity contribution in [2.45, 2.75) is 19.1 Å². The van der Waals surface area contributed by atoms with Crippen molar-refractivity contribution in [1.82, 2.24) is 10.2 Å². The topological polar surface area (TPSA) is 69.6 Å². The Morgan fingerprint density at radius 1 is 1.21 bits per heavy atom. The van der Waals surface area contributed by atoms with Gasteiger partial charge in [-0.3, -0.25) is 9.59 Å². The number of hydrogen-bond donors (Lipinski definition) is 2. The van der Waals surface area contributed by atoms with Gasteiger partial charge in [0.15, 0.2) is 0 Å². The molecule has 2 aromatic rings. The molecule has 1 heterocycles. The summed E-state index contributed by atoms with van der Waals surface area (Å²) in [6.45, 7) is 0.611. The van der Waals surface area contributed by atoms with Gasteiger partial charge in [-0.2, -0.15) is 13.2 Å². The number of carbonyl (C=O) groups is 2. The maximum Gasteiger partial charge on any atom is 0.416 e. The normalized spacial score (nSPS) is 16.9. The van der Waals surface area contributed by atoms with Crippen LogP contribution in [0.25, 0.3) is 0 Å². The van der Waals surface area contributed by atoms with Crippen molar-refractivity contribution in [2.75, 3.05) is 13.1 Å². The van der Waals surface area contributed by atoms with Crippen LogP contribution in [0.4, 0.5) is 17.6 Å². The predicted molar refractivity (Wildman–Crippen MR) is 95.4 cm³/mol. The van der Waals surface area contributed by atoms with Crippen LogP contribution in [0, 0.1) is 11.7 Å². The van der Waals surface area contributed by atoms with Gasteiger partial charge in [0.25, 0.3) is 5.91 Å². The molecule has 154 valence electrons. The Bertz CT molecular complexity index is 930. The van der Waals surface area contributed by atoms with E-state index in [-0.39, 0.29) is 31.3 Å². The predicted octanol–water partition coefficient (Wildman–Crippen LogP) is 3.33. The molecular weight excluding hydrogens is 392 g/mol. The molecule has 0 bridgehead atoms. The molecule has 1 fully saturated rings. The molecule has 0 radical (unpaired) electrons. The Morgan fingerprint density at radius 3 is 2.66 bits per heavy atom. The van der Waals surface area contributed by atoms with Crippen LogP contribution in [0.15, 0.2) is 42.5 Å². The number of phenolic OH excluding ortho intramolecular Hbond substituents is 1. The van der Waals surface area contributed by atoms with E-state index in [1.807, 2.05) is 0 Å². The van der Waals surface area contributed by atoms with Gasteiger partial charge in [-0.25, -0.2) is 4.39 Å². The fraction of sp³-hybridized carbons (Fsp3) is 0.300. The molecule has 1 saturated heterocycles. The molecule has 9 heteroatoms. The van der Waals surface area contributed by atoms with E-state index >= 15 is 0 Å². The van der Waals surface area contributed by atoms with Crippen LogP contribution in [-0.4, -0.2) is 34.9 Å². The molecule has 2 aromatic carbocycles. The standard InChI is InChI=1S/C20H18F4N2O3/c21-15-3-1-2-12(6-15)10-26-11-13(7-18(26)28)9-25-19(29)16-8-14(20(22,23)24)4-5-17(16)27/h1-6,8,13,27H,7,9-11H2,(H,25,29)/t13-/m1/s1. The Labute approximate surface area is 163 Å². The second kappa shape index (κ2) is 8.10. The Balaban J connectivity index is 1.59. The molecular formula is C20H18F4N2O3. The summed E-state index contributed by atoms with van der Waals surface area (Å²) in [6.07, 6.45) is -4.48. The first-order valence-electron chi connectivity index (χ1n) is 8.84. The average Bonchev–Trinajstić information content (AvgIpc) is 2.98. The van der Waals surface area contributed by atoms with E-state index in [0.717, 1.165) is 6.07 Å². The van der Waals surface area contributed by atoms with E-state index < -0.39 is 34.8 Å². The smallest absolute Gasteiger partial charge is 0.416 e. The average molecular weight is 410 g/mol. The highest BCUT2D eigenvalue weighted by Gasteiger charge is 2.33. The van der Waals surface area contributed by atoms with Gasteiger partial charge in [0.05, 0.1) is 11.1 Å². The summed E-state index contributed by atoms with van der Waals surface area (Å²) >= 11 is 0. The van der Waals surface area contributed by atoms with Crippen LogP contribution in [0.3, 0.4) is 0 Å². The number of rotatable bonds is 5. The van der Waals surface area contributed by atoms with Crippen LogP contribution in [0.1, 0.15) is 27.9 Å². The van der Waals surface area contributed by atoms with E-state index in [0.29, 0.717) is 24.2 Å². The number of carbonyl (C=O) groups excluding carboxylic acids is 2. The minimum atomic E-state index is -4.64. The molecule has 0 unspecified atom stereocenters. The van der Waals surface area contributed by atoms with Crippen LogP contribution < -0.4 is 5.32 Å². The zero-order valence-electron chi connectivity index (χ0n) is 15.2. The van der Waals surface area contributed by atoms with Crippen LogP contribution in [0.2, 0.25) is 0 Å². The van der Waals surface area contributed by atoms with E-state index in [1.165, 1.54) is 17.0 Å². The Hall–Kier alpha value is -3.10. The number of likely N-dealkylation sites (tertiary alicyclic amines) is 1. The summed E-state index contributed by atoms with van der Waals surface area (Å²) in [4.78, 5) is 25.9. The fourth-order valence-electron chi connectivity index (χ4n) is 3.23. The molecule has 3 rings (SSSR count). The Kier molecular flexibility index (Phi) is 5.76. The molecule has 29 heavy (non-hydrogen) atoms. The molecule has 5 nitrogen and oxygen atoms in total. The number of nitrogens with zero attached hydrogens (tertiary/aromatic N) is 1. The number of phenols is 1. The number of benzene rings is 2. The van der Waals surface area contributed by atoms with Gasteiger partial charge in [0.2, 0.25) is 5.91 Å². The zero-order chi connectivity index (χ0) is 21.2. The lowest BCUT2D eigenvalue weighted by Gasteiger charge is -2.17. The second-order valence-electron chi connectivity index (χ2n) is 6.91. The minimum absolute atomic E-state index is 0.0555. The van der Waals surface area contributed by atoms with E-state index in [1.54, 1.807) is 12.1 Å². The SMILES string of the molecule is O=C(NC[C@H]1CC(=O)N(Cc2cccc(F)c2)C1)c1cc(C(F)(F)F)ccc1O. The van der Waals surface area contributed by atoms with Crippen molar-refractivity contribution >= 4 is 11.8 Å². The van der Waals surface area contributed by atoms with Crippen molar-refractivity contribution in [2.24, 2.45) is 5.92 Å². The molecule has 0 saturated carbocycles. The molecule has 1 atom stereocenters. The number of amides is 2. The van der Waals surface area contributed by atoms with Crippen LogP contribution in [0.5, 0.6) is 5.75 Å². The van der Waals surface area contributed by atoms with E-state index in [4.69, 9.17) is 0 Å². The maximum absolute atomic E-state index is 13.3. The number of hydrogen-bond acceptors (Lipinski definition) is 3. The molecule has 1 aliphatic heterocycles. The largest absolute Gasteiger partial charge is 0.507 e. The van der Waals surface area contributed by atoms with Crippen LogP contribution in [-0.2, 0) is 17.5 Å². The van der Waals surface area contributed by atoms with Crippen LogP contribution >= 0.6 is 0 Å². The molecule has 0 aliphatic carbocycles. The summed E-state index contributed by atoms with van der Waals surface area (Å²) in [5.74, 6) is -2.22. The van der Waals surface area contributed by atoms with Gasteiger partial charge < -0.3 is 15.3 Å². The minimum Gasteiger partial charge on any atom is -0.507 e. The number of alkyl halides is 3. The highest BCUT2D eigenvalue weighted by atomic mass is 19.4. The van der Waals surface area contributed by atoms with Gasteiger partial charge >= 0.3 is 6.18 Å².